The summed E-state index contributed by atoms with van der Waals surface area (Å²) in [6, 6.07) is 0.750. The highest BCUT2D eigenvalue weighted by atomic mass is 16.6. The first kappa shape index (κ1) is 20.2. The third-order valence-electron chi connectivity index (χ3n) is 4.35. The maximum atomic E-state index is 11.7. The van der Waals surface area contributed by atoms with E-state index < -0.39 is 5.60 Å². The lowest BCUT2D eigenvalue weighted by Crippen LogP contribution is -2.41. The third-order valence-corrected chi connectivity index (χ3v) is 4.35. The van der Waals surface area contributed by atoms with Crippen LogP contribution in [0.15, 0.2) is 0 Å². The van der Waals surface area contributed by atoms with Gasteiger partial charge in [0.15, 0.2) is 0 Å². The SMILES string of the molecule is CCN1CCC(N)C1.CN1CCC(N(C)C(=O)OC(C)(C)C)C1. The van der Waals surface area contributed by atoms with Crippen LogP contribution in [-0.4, -0.2) is 85.3 Å². The molecule has 0 aliphatic carbocycles. The van der Waals surface area contributed by atoms with Crippen LogP contribution in [0.4, 0.5) is 4.79 Å². The Hall–Kier alpha value is -0.850. The number of carbonyl (C=O) groups is 1. The summed E-state index contributed by atoms with van der Waals surface area (Å²) < 4.78 is 5.32. The van der Waals surface area contributed by atoms with Gasteiger partial charge in [-0.3, -0.25) is 0 Å². The van der Waals surface area contributed by atoms with Crippen LogP contribution in [0, 0.1) is 0 Å². The largest absolute Gasteiger partial charge is 0.444 e. The van der Waals surface area contributed by atoms with E-state index in [2.05, 4.69) is 23.8 Å². The molecule has 0 spiro atoms. The van der Waals surface area contributed by atoms with Gasteiger partial charge in [-0.1, -0.05) is 6.92 Å². The zero-order valence-electron chi connectivity index (χ0n) is 15.8. The molecule has 2 aliphatic rings. The number of ether oxygens (including phenoxy) is 1. The van der Waals surface area contributed by atoms with Gasteiger partial charge in [0.05, 0.1) is 0 Å². The number of carbonyl (C=O) groups excluding carboxylic acids is 1. The summed E-state index contributed by atoms with van der Waals surface area (Å²) in [4.78, 5) is 18.1. The highest BCUT2D eigenvalue weighted by molar-refractivity contribution is 5.68. The number of hydrogen-bond acceptors (Lipinski definition) is 5. The first-order chi connectivity index (χ1) is 10.6. The number of rotatable bonds is 2. The Morgan fingerprint density at radius 1 is 1.26 bits per heavy atom. The highest BCUT2D eigenvalue weighted by Gasteiger charge is 2.29. The van der Waals surface area contributed by atoms with E-state index in [1.54, 1.807) is 4.90 Å². The van der Waals surface area contributed by atoms with Gasteiger partial charge in [-0.05, 0) is 60.3 Å². The predicted molar refractivity (Wildman–Crippen MR) is 94.6 cm³/mol. The summed E-state index contributed by atoms with van der Waals surface area (Å²) in [5.41, 5.74) is 5.25. The van der Waals surface area contributed by atoms with E-state index in [0.717, 1.165) is 32.6 Å². The van der Waals surface area contributed by atoms with E-state index in [4.69, 9.17) is 10.5 Å². The zero-order valence-corrected chi connectivity index (χ0v) is 15.8. The fourth-order valence-corrected chi connectivity index (χ4v) is 2.86. The molecule has 2 saturated heterocycles. The van der Waals surface area contributed by atoms with Crippen molar-refractivity contribution in [3.63, 3.8) is 0 Å². The summed E-state index contributed by atoms with van der Waals surface area (Å²) in [6.07, 6.45) is 2.00. The molecule has 6 nitrogen and oxygen atoms in total. The summed E-state index contributed by atoms with van der Waals surface area (Å²) in [5.74, 6) is 0. The molecular weight excluding hydrogens is 292 g/mol. The second-order valence-corrected chi connectivity index (χ2v) is 7.74. The van der Waals surface area contributed by atoms with Crippen molar-refractivity contribution in [3.05, 3.63) is 0 Å². The van der Waals surface area contributed by atoms with Gasteiger partial charge in [-0.2, -0.15) is 0 Å². The lowest BCUT2D eigenvalue weighted by atomic mass is 10.2. The molecular formula is C17H36N4O2. The topological polar surface area (TPSA) is 62.0 Å². The van der Waals surface area contributed by atoms with Gasteiger partial charge >= 0.3 is 6.09 Å². The first-order valence-corrected chi connectivity index (χ1v) is 8.74. The van der Waals surface area contributed by atoms with Crippen molar-refractivity contribution in [2.45, 2.75) is 58.2 Å². The molecule has 2 N–H and O–H groups in total. The normalized spacial score (nSPS) is 25.9. The van der Waals surface area contributed by atoms with Crippen LogP contribution in [0.1, 0.15) is 40.5 Å². The second-order valence-electron chi connectivity index (χ2n) is 7.74. The molecule has 0 bridgehead atoms. The first-order valence-electron chi connectivity index (χ1n) is 8.74. The molecule has 0 aromatic carbocycles. The molecule has 0 saturated carbocycles. The summed E-state index contributed by atoms with van der Waals surface area (Å²) in [6.45, 7) is 13.3. The van der Waals surface area contributed by atoms with Crippen LogP contribution in [0.2, 0.25) is 0 Å². The lowest BCUT2D eigenvalue weighted by molar-refractivity contribution is 0.0230. The third kappa shape index (κ3) is 7.50. The fourth-order valence-electron chi connectivity index (χ4n) is 2.86. The monoisotopic (exact) mass is 328 g/mol. The van der Waals surface area contributed by atoms with Crippen LogP contribution < -0.4 is 5.73 Å². The van der Waals surface area contributed by atoms with E-state index in [-0.39, 0.29) is 6.09 Å². The van der Waals surface area contributed by atoms with Crippen molar-refractivity contribution < 1.29 is 9.53 Å². The standard InChI is InChI=1S/C11H22N2O2.C6H14N2/c1-11(2,3)15-10(14)13(5)9-6-7-12(4)8-9;1-2-8-4-3-6(7)5-8/h9H,6-8H2,1-5H3;6H,2-5,7H2,1H3. The number of hydrogen-bond donors (Lipinski definition) is 1. The Balaban J connectivity index is 0.000000277. The molecule has 2 fully saturated rings. The molecule has 2 rings (SSSR count). The van der Waals surface area contributed by atoms with E-state index in [1.165, 1.54) is 13.0 Å². The van der Waals surface area contributed by atoms with Crippen LogP contribution >= 0.6 is 0 Å². The molecule has 0 radical (unpaired) electrons. The minimum atomic E-state index is -0.407. The molecule has 136 valence electrons. The number of likely N-dealkylation sites (tertiary alicyclic amines) is 2. The molecule has 0 aromatic heterocycles. The van der Waals surface area contributed by atoms with Gasteiger partial charge in [-0.15, -0.1) is 0 Å². The van der Waals surface area contributed by atoms with Gasteiger partial charge in [0.2, 0.25) is 0 Å². The van der Waals surface area contributed by atoms with Crippen LogP contribution in [0.5, 0.6) is 0 Å². The van der Waals surface area contributed by atoms with Crippen molar-refractivity contribution in [2.24, 2.45) is 5.73 Å². The summed E-state index contributed by atoms with van der Waals surface area (Å²) in [5, 5.41) is 0. The van der Waals surface area contributed by atoms with Crippen LogP contribution in [-0.2, 0) is 4.74 Å². The van der Waals surface area contributed by atoms with E-state index in [9.17, 15) is 4.79 Å². The lowest BCUT2D eigenvalue weighted by Gasteiger charge is -2.28. The second kappa shape index (κ2) is 8.85. The molecule has 0 aromatic rings. The Morgan fingerprint density at radius 3 is 2.26 bits per heavy atom. The molecule has 1 amide bonds. The molecule has 2 aliphatic heterocycles. The Labute approximate surface area is 141 Å². The Kier molecular flexibility index (Phi) is 7.77. The smallest absolute Gasteiger partial charge is 0.410 e. The maximum absolute atomic E-state index is 11.7. The summed E-state index contributed by atoms with van der Waals surface area (Å²) >= 11 is 0. The predicted octanol–water partition coefficient (Wildman–Crippen LogP) is 1.60. The minimum absolute atomic E-state index is 0.220. The number of nitrogens with zero attached hydrogens (tertiary/aromatic N) is 3. The maximum Gasteiger partial charge on any atom is 0.410 e. The quantitative estimate of drug-likeness (QED) is 0.834. The van der Waals surface area contributed by atoms with Gasteiger partial charge < -0.3 is 25.2 Å². The van der Waals surface area contributed by atoms with Gasteiger partial charge in [0.25, 0.3) is 0 Å². The van der Waals surface area contributed by atoms with Gasteiger partial charge in [-0.25, -0.2) is 4.79 Å². The summed E-state index contributed by atoms with van der Waals surface area (Å²) in [7, 11) is 3.89. The molecule has 6 heteroatoms. The van der Waals surface area contributed by atoms with Crippen LogP contribution in [0.3, 0.4) is 0 Å². The zero-order chi connectivity index (χ0) is 17.6. The molecule has 23 heavy (non-hydrogen) atoms. The van der Waals surface area contributed by atoms with Crippen molar-refractivity contribution in [2.75, 3.05) is 46.8 Å². The van der Waals surface area contributed by atoms with Gasteiger partial charge in [0, 0.05) is 32.2 Å². The Morgan fingerprint density at radius 2 is 1.91 bits per heavy atom. The van der Waals surface area contributed by atoms with E-state index in [1.807, 2.05) is 27.8 Å². The van der Waals surface area contributed by atoms with Crippen LogP contribution in [0.25, 0.3) is 0 Å². The average molecular weight is 329 g/mol. The number of nitrogens with two attached hydrogens (primary N) is 1. The fraction of sp³-hybridized carbons (Fsp3) is 0.941. The molecule has 2 unspecified atom stereocenters. The number of likely N-dealkylation sites (N-methyl/N-ethyl adjacent to an activating group) is 3. The minimum Gasteiger partial charge on any atom is -0.444 e. The average Bonchev–Trinajstić information content (AvgIpc) is 3.05. The van der Waals surface area contributed by atoms with E-state index in [0.29, 0.717) is 12.1 Å². The number of amides is 1. The van der Waals surface area contributed by atoms with Gasteiger partial charge in [0.1, 0.15) is 5.60 Å². The van der Waals surface area contributed by atoms with E-state index >= 15 is 0 Å². The molecule has 2 heterocycles. The van der Waals surface area contributed by atoms with Crippen molar-refractivity contribution >= 4 is 6.09 Å². The van der Waals surface area contributed by atoms with Crippen molar-refractivity contribution in [3.8, 4) is 0 Å². The highest BCUT2D eigenvalue weighted by Crippen LogP contribution is 2.16. The van der Waals surface area contributed by atoms with Crippen molar-refractivity contribution in [1.29, 1.82) is 0 Å². The molecule has 2 atom stereocenters. The van der Waals surface area contributed by atoms with Crippen molar-refractivity contribution in [1.82, 2.24) is 14.7 Å². The Bertz CT molecular complexity index is 370.